The highest BCUT2D eigenvalue weighted by Gasteiger charge is 2.21. The molecule has 0 unspecified atom stereocenters. The lowest BCUT2D eigenvalue weighted by molar-refractivity contribution is 0.0697. The van der Waals surface area contributed by atoms with E-state index >= 15 is 0 Å². The fourth-order valence-electron chi connectivity index (χ4n) is 3.70. The number of pyridine rings is 1. The molecule has 1 fully saturated rings. The maximum absolute atomic E-state index is 11.4. The van der Waals surface area contributed by atoms with Gasteiger partial charge in [-0.05, 0) is 42.3 Å². The topological polar surface area (TPSA) is 81.1 Å². The van der Waals surface area contributed by atoms with Gasteiger partial charge in [0.05, 0.1) is 5.56 Å². The molecule has 1 saturated heterocycles. The van der Waals surface area contributed by atoms with Crippen molar-refractivity contribution in [3.05, 3.63) is 90.1 Å². The number of aromatic nitrogens is 1. The molecule has 7 heteroatoms. The first-order valence-electron chi connectivity index (χ1n) is 10.8. The zero-order valence-corrected chi connectivity index (χ0v) is 17.9. The summed E-state index contributed by atoms with van der Waals surface area (Å²) in [5.74, 6) is 0.807. The number of anilines is 2. The largest absolute Gasteiger partial charge is 0.478 e. The lowest BCUT2D eigenvalue weighted by Gasteiger charge is -2.37. The van der Waals surface area contributed by atoms with E-state index in [0.717, 1.165) is 50.1 Å². The Balaban J connectivity index is 1.47. The van der Waals surface area contributed by atoms with Gasteiger partial charge in [-0.25, -0.2) is 9.78 Å². The highest BCUT2D eigenvalue weighted by Crippen LogP contribution is 2.16. The van der Waals surface area contributed by atoms with Crippen LogP contribution in [0.3, 0.4) is 0 Å². The summed E-state index contributed by atoms with van der Waals surface area (Å²) in [6.45, 7) is 3.92. The Kier molecular flexibility index (Phi) is 6.97. The first-order chi connectivity index (χ1) is 15.7. The van der Waals surface area contributed by atoms with Crippen molar-refractivity contribution in [3.8, 4) is 0 Å². The maximum atomic E-state index is 11.4. The molecule has 1 aliphatic rings. The average Bonchev–Trinajstić information content (AvgIpc) is 2.85. The van der Waals surface area contributed by atoms with E-state index in [-0.39, 0.29) is 5.56 Å². The summed E-state index contributed by atoms with van der Waals surface area (Å²) in [5.41, 5.74) is 2.21. The van der Waals surface area contributed by atoms with Crippen LogP contribution >= 0.6 is 0 Å². The standard InChI is InChI=1S/C25H27N5O2/c31-24(32)21-9-6-10-22(19-21)28-25(27-14-12-20-7-2-1-3-8-20)30-17-15-29(16-18-30)23-11-4-5-13-26-23/h1-11,13,19H,12,14-18H2,(H,27,28)(H,31,32). The molecule has 0 amide bonds. The third kappa shape index (κ3) is 5.63. The van der Waals surface area contributed by atoms with Gasteiger partial charge in [0.15, 0.2) is 5.96 Å². The molecule has 0 bridgehead atoms. The van der Waals surface area contributed by atoms with Crippen LogP contribution in [0.4, 0.5) is 11.5 Å². The number of carboxylic acids is 1. The Hall–Kier alpha value is -3.87. The maximum Gasteiger partial charge on any atom is 0.335 e. The zero-order valence-electron chi connectivity index (χ0n) is 17.9. The lowest BCUT2D eigenvalue weighted by atomic mass is 10.1. The van der Waals surface area contributed by atoms with Gasteiger partial charge >= 0.3 is 5.97 Å². The van der Waals surface area contributed by atoms with Gasteiger partial charge in [0, 0.05) is 44.6 Å². The van der Waals surface area contributed by atoms with Gasteiger partial charge < -0.3 is 20.2 Å². The van der Waals surface area contributed by atoms with E-state index in [0.29, 0.717) is 6.54 Å². The van der Waals surface area contributed by atoms with Gasteiger partial charge in [0.1, 0.15) is 5.82 Å². The normalized spacial score (nSPS) is 14.3. The number of hydrogen-bond donors (Lipinski definition) is 2. The molecule has 3 aromatic rings. The van der Waals surface area contributed by atoms with Crippen molar-refractivity contribution in [2.24, 2.45) is 4.99 Å². The van der Waals surface area contributed by atoms with Gasteiger partial charge in [0.25, 0.3) is 0 Å². The van der Waals surface area contributed by atoms with E-state index in [1.165, 1.54) is 5.56 Å². The van der Waals surface area contributed by atoms with Crippen molar-refractivity contribution >= 4 is 23.4 Å². The lowest BCUT2D eigenvalue weighted by Crippen LogP contribution is -2.51. The Morgan fingerprint density at radius 1 is 0.969 bits per heavy atom. The molecule has 7 nitrogen and oxygen atoms in total. The molecule has 2 N–H and O–H groups in total. The summed E-state index contributed by atoms with van der Waals surface area (Å²) >= 11 is 0. The first kappa shape index (κ1) is 21.4. The van der Waals surface area contributed by atoms with Crippen LogP contribution in [0.1, 0.15) is 15.9 Å². The van der Waals surface area contributed by atoms with E-state index < -0.39 is 5.97 Å². The first-order valence-corrected chi connectivity index (χ1v) is 10.8. The molecule has 1 aromatic heterocycles. The molecular formula is C25H27N5O2. The number of carbonyl (C=O) groups is 1. The van der Waals surface area contributed by atoms with E-state index in [1.54, 1.807) is 18.2 Å². The second-order valence-electron chi connectivity index (χ2n) is 7.61. The number of nitrogens with zero attached hydrogens (tertiary/aromatic N) is 4. The van der Waals surface area contributed by atoms with Crippen molar-refractivity contribution < 1.29 is 9.90 Å². The Morgan fingerprint density at radius 2 is 1.75 bits per heavy atom. The Labute approximate surface area is 188 Å². The molecule has 164 valence electrons. The molecule has 0 radical (unpaired) electrons. The summed E-state index contributed by atoms with van der Waals surface area (Å²) in [6, 6.07) is 23.1. The molecule has 4 rings (SSSR count). The minimum atomic E-state index is -0.944. The number of nitrogens with one attached hydrogen (secondary N) is 1. The van der Waals surface area contributed by atoms with E-state index in [2.05, 4.69) is 32.2 Å². The SMILES string of the molecule is O=C(O)c1cccc(NC(=NCCc2ccccc2)N2CCN(c3ccccn3)CC2)c1. The highest BCUT2D eigenvalue weighted by atomic mass is 16.4. The van der Waals surface area contributed by atoms with Gasteiger partial charge in [0.2, 0.25) is 0 Å². The molecule has 1 aliphatic heterocycles. The smallest absolute Gasteiger partial charge is 0.335 e. The van der Waals surface area contributed by atoms with Crippen LogP contribution in [-0.2, 0) is 6.42 Å². The minimum absolute atomic E-state index is 0.249. The summed E-state index contributed by atoms with van der Waals surface area (Å²) in [7, 11) is 0. The molecular weight excluding hydrogens is 402 g/mol. The van der Waals surface area contributed by atoms with E-state index in [4.69, 9.17) is 4.99 Å². The highest BCUT2D eigenvalue weighted by molar-refractivity contribution is 5.96. The molecule has 32 heavy (non-hydrogen) atoms. The Morgan fingerprint density at radius 3 is 2.47 bits per heavy atom. The van der Waals surface area contributed by atoms with Crippen molar-refractivity contribution in [1.29, 1.82) is 0 Å². The van der Waals surface area contributed by atoms with Crippen LogP contribution in [0.25, 0.3) is 0 Å². The summed E-state index contributed by atoms with van der Waals surface area (Å²) in [4.78, 5) is 25.2. The van der Waals surface area contributed by atoms with Crippen LogP contribution in [0.2, 0.25) is 0 Å². The number of benzene rings is 2. The number of aliphatic imine (C=N–C) groups is 1. The summed E-state index contributed by atoms with van der Waals surface area (Å²) in [6.07, 6.45) is 2.66. The van der Waals surface area contributed by atoms with Crippen LogP contribution in [0.5, 0.6) is 0 Å². The predicted octanol–water partition coefficient (Wildman–Crippen LogP) is 3.61. The van der Waals surface area contributed by atoms with Crippen molar-refractivity contribution in [1.82, 2.24) is 9.88 Å². The predicted molar refractivity (Wildman–Crippen MR) is 127 cm³/mol. The minimum Gasteiger partial charge on any atom is -0.478 e. The number of piperazine rings is 1. The van der Waals surface area contributed by atoms with Crippen LogP contribution in [0, 0.1) is 0 Å². The van der Waals surface area contributed by atoms with Crippen LogP contribution in [0.15, 0.2) is 84.0 Å². The molecule has 0 saturated carbocycles. The second kappa shape index (κ2) is 10.4. The monoisotopic (exact) mass is 429 g/mol. The van der Waals surface area contributed by atoms with E-state index in [1.807, 2.05) is 48.7 Å². The molecule has 0 aliphatic carbocycles. The number of guanidine groups is 1. The van der Waals surface area contributed by atoms with Gasteiger partial charge in [-0.3, -0.25) is 4.99 Å². The van der Waals surface area contributed by atoms with Crippen molar-refractivity contribution in [2.75, 3.05) is 42.9 Å². The van der Waals surface area contributed by atoms with Gasteiger partial charge in [-0.1, -0.05) is 42.5 Å². The molecule has 0 atom stereocenters. The number of rotatable bonds is 6. The second-order valence-corrected chi connectivity index (χ2v) is 7.61. The number of hydrogen-bond acceptors (Lipinski definition) is 4. The van der Waals surface area contributed by atoms with Gasteiger partial charge in [-0.15, -0.1) is 0 Å². The van der Waals surface area contributed by atoms with Crippen LogP contribution < -0.4 is 10.2 Å². The van der Waals surface area contributed by atoms with Crippen LogP contribution in [-0.4, -0.2) is 59.6 Å². The van der Waals surface area contributed by atoms with Crippen molar-refractivity contribution in [3.63, 3.8) is 0 Å². The Bertz CT molecular complexity index is 1050. The third-order valence-corrected chi connectivity index (χ3v) is 5.42. The summed E-state index contributed by atoms with van der Waals surface area (Å²) in [5, 5.41) is 12.7. The zero-order chi connectivity index (χ0) is 22.2. The number of carboxylic acid groups (broad SMARTS) is 1. The molecule has 0 spiro atoms. The molecule has 2 aromatic carbocycles. The fourth-order valence-corrected chi connectivity index (χ4v) is 3.70. The quantitative estimate of drug-likeness (QED) is 0.460. The van der Waals surface area contributed by atoms with Gasteiger partial charge in [-0.2, -0.15) is 0 Å². The summed E-state index contributed by atoms with van der Waals surface area (Å²) < 4.78 is 0. The third-order valence-electron chi connectivity index (χ3n) is 5.42. The average molecular weight is 430 g/mol. The van der Waals surface area contributed by atoms with E-state index in [9.17, 15) is 9.90 Å². The molecule has 2 heterocycles. The number of aromatic carboxylic acids is 1. The fraction of sp³-hybridized carbons (Fsp3) is 0.240. The van der Waals surface area contributed by atoms with Crippen molar-refractivity contribution in [2.45, 2.75) is 6.42 Å².